The third kappa shape index (κ3) is 6.44. The van der Waals surface area contributed by atoms with Crippen LogP contribution in [0.1, 0.15) is 13.3 Å². The Morgan fingerprint density at radius 2 is 2.03 bits per heavy atom. The van der Waals surface area contributed by atoms with Crippen molar-refractivity contribution in [3.05, 3.63) is 58.5 Å². The topological polar surface area (TPSA) is 54.1 Å². The molecule has 9 heteroatoms. The average Bonchev–Trinajstić information content (AvgIpc) is 3.13. The van der Waals surface area contributed by atoms with Gasteiger partial charge in [-0.25, -0.2) is 4.39 Å². The molecular weight excluding hydrogens is 430 g/mol. The monoisotopic (exact) mass is 458 g/mol. The number of likely N-dealkylation sites (tertiary alicyclic amines) is 2. The third-order valence-corrected chi connectivity index (χ3v) is 6.44. The van der Waals surface area contributed by atoms with Crippen molar-refractivity contribution in [2.45, 2.75) is 18.9 Å². The number of halogens is 3. The summed E-state index contributed by atoms with van der Waals surface area (Å²) in [7, 11) is 3.90. The smallest absolute Gasteiger partial charge is 0.219 e. The summed E-state index contributed by atoms with van der Waals surface area (Å²) in [6.45, 7) is 5.66. The number of hydrogen-bond acceptors (Lipinski definition) is 6. The van der Waals surface area contributed by atoms with Crippen LogP contribution in [0.2, 0.25) is 0 Å². The van der Waals surface area contributed by atoms with Gasteiger partial charge >= 0.3 is 0 Å². The second-order valence-electron chi connectivity index (χ2n) is 7.42. The summed E-state index contributed by atoms with van der Waals surface area (Å²) in [6, 6.07) is 0. The lowest BCUT2D eigenvalue weighted by atomic mass is 9.79. The highest BCUT2D eigenvalue weighted by molar-refractivity contribution is 8.02. The van der Waals surface area contributed by atoms with Crippen LogP contribution in [0.15, 0.2) is 62.9 Å². The van der Waals surface area contributed by atoms with E-state index in [1.807, 2.05) is 6.92 Å². The third-order valence-electron chi connectivity index (χ3n) is 5.45. The molecule has 2 fully saturated rings. The molecule has 2 heterocycles. The van der Waals surface area contributed by atoms with Crippen molar-refractivity contribution in [1.29, 1.82) is 0 Å². The number of rotatable bonds is 9. The van der Waals surface area contributed by atoms with E-state index < -0.39 is 11.8 Å². The van der Waals surface area contributed by atoms with Crippen molar-refractivity contribution in [3.8, 4) is 0 Å². The molecule has 0 aromatic heterocycles. The molecule has 0 aliphatic carbocycles. The van der Waals surface area contributed by atoms with E-state index in [0.717, 1.165) is 49.9 Å². The SMILES string of the molecule is COC1(C2CCN(C)C2)CN(/C(C)=C/C=C(S\N=C(F)/C=C\C=C\N)\C(F)=C\Cl)C1. The van der Waals surface area contributed by atoms with E-state index in [0.29, 0.717) is 17.9 Å². The number of methoxy groups -OCH3 is 1. The first-order chi connectivity index (χ1) is 14.3. The van der Waals surface area contributed by atoms with E-state index in [1.54, 1.807) is 19.3 Å². The Hall–Kier alpha value is -1.61. The first-order valence-electron chi connectivity index (χ1n) is 9.64. The average molecular weight is 459 g/mol. The minimum atomic E-state index is -0.763. The number of ether oxygens (including phenoxy) is 1. The molecule has 2 N–H and O–H groups in total. The highest BCUT2D eigenvalue weighted by Crippen LogP contribution is 2.39. The first-order valence-corrected chi connectivity index (χ1v) is 10.8. The van der Waals surface area contributed by atoms with Crippen LogP contribution in [0.4, 0.5) is 8.78 Å². The van der Waals surface area contributed by atoms with Gasteiger partial charge in [-0.3, -0.25) is 0 Å². The standard InChI is InChI=1S/C21H29ClF2N4OS/c1-16(28-14-21(15-28,29-3)17-9-11-27(2)13-17)7-8-19(18(23)12-22)30-26-20(24)6-4-5-10-25/h4-8,10,12,17H,9,11,13-15,25H2,1-3H3/b6-4-,10-5+,16-7+,18-12-,19-8+,26-20+. The molecule has 0 aromatic rings. The lowest BCUT2D eigenvalue weighted by Gasteiger charge is -2.53. The summed E-state index contributed by atoms with van der Waals surface area (Å²) in [4.78, 5) is 4.62. The number of nitrogens with zero attached hydrogens (tertiary/aromatic N) is 3. The van der Waals surface area contributed by atoms with Crippen LogP contribution < -0.4 is 5.73 Å². The predicted molar refractivity (Wildman–Crippen MR) is 122 cm³/mol. The fourth-order valence-corrected chi connectivity index (χ4v) is 4.30. The van der Waals surface area contributed by atoms with Crippen LogP contribution in [0, 0.1) is 5.92 Å². The highest BCUT2D eigenvalue weighted by Gasteiger charge is 2.50. The van der Waals surface area contributed by atoms with E-state index in [-0.39, 0.29) is 10.5 Å². The number of hydrogen-bond donors (Lipinski definition) is 1. The van der Waals surface area contributed by atoms with Crippen molar-refractivity contribution in [3.63, 3.8) is 0 Å². The van der Waals surface area contributed by atoms with Crippen LogP contribution in [0.5, 0.6) is 0 Å². The van der Waals surface area contributed by atoms with Crippen molar-refractivity contribution in [1.82, 2.24) is 9.80 Å². The molecule has 0 radical (unpaired) electrons. The van der Waals surface area contributed by atoms with Crippen molar-refractivity contribution < 1.29 is 13.5 Å². The minimum absolute atomic E-state index is 0.109. The molecule has 2 aliphatic rings. The van der Waals surface area contributed by atoms with Crippen LogP contribution >= 0.6 is 23.5 Å². The van der Waals surface area contributed by atoms with Gasteiger partial charge in [0.25, 0.3) is 0 Å². The predicted octanol–water partition coefficient (Wildman–Crippen LogP) is 4.52. The van der Waals surface area contributed by atoms with Gasteiger partial charge < -0.3 is 20.3 Å². The fourth-order valence-electron chi connectivity index (χ4n) is 3.60. The summed E-state index contributed by atoms with van der Waals surface area (Å²) in [5, 5.41) is 0. The van der Waals surface area contributed by atoms with Crippen molar-refractivity contribution >= 4 is 29.5 Å². The summed E-state index contributed by atoms with van der Waals surface area (Å²) in [5.74, 6) is -0.938. The van der Waals surface area contributed by atoms with Gasteiger partial charge in [-0.1, -0.05) is 17.7 Å². The summed E-state index contributed by atoms with van der Waals surface area (Å²) in [6.07, 6.45) is 9.71. The maximum Gasteiger partial charge on any atom is 0.219 e. The van der Waals surface area contributed by atoms with E-state index >= 15 is 0 Å². The summed E-state index contributed by atoms with van der Waals surface area (Å²) in [5.41, 5.74) is 6.80. The molecule has 1 unspecified atom stereocenters. The molecule has 166 valence electrons. The van der Waals surface area contributed by atoms with Gasteiger partial charge in [0.15, 0.2) is 0 Å². The molecule has 1 atom stereocenters. The lowest BCUT2D eigenvalue weighted by molar-refractivity contribution is -0.144. The Labute approximate surface area is 186 Å². The highest BCUT2D eigenvalue weighted by atomic mass is 35.5. The van der Waals surface area contributed by atoms with Gasteiger partial charge in [-0.2, -0.15) is 8.79 Å². The van der Waals surface area contributed by atoms with E-state index in [4.69, 9.17) is 22.1 Å². The molecule has 0 aromatic carbocycles. The Morgan fingerprint density at radius 3 is 2.60 bits per heavy atom. The van der Waals surface area contributed by atoms with Crippen LogP contribution in [0.25, 0.3) is 0 Å². The molecule has 30 heavy (non-hydrogen) atoms. The number of allylic oxidation sites excluding steroid dienone is 7. The Bertz CT molecular complexity index is 773. The van der Waals surface area contributed by atoms with Crippen LogP contribution in [-0.4, -0.2) is 61.7 Å². The molecule has 0 spiro atoms. The minimum Gasteiger partial charge on any atom is -0.405 e. The first kappa shape index (κ1) is 24.7. The zero-order valence-electron chi connectivity index (χ0n) is 17.5. The molecule has 0 amide bonds. The van der Waals surface area contributed by atoms with Crippen LogP contribution in [-0.2, 0) is 4.74 Å². The van der Waals surface area contributed by atoms with Gasteiger partial charge in [0.2, 0.25) is 5.97 Å². The zero-order valence-corrected chi connectivity index (χ0v) is 19.1. The quantitative estimate of drug-likeness (QED) is 0.313. The van der Waals surface area contributed by atoms with Gasteiger partial charge in [0.05, 0.1) is 4.91 Å². The van der Waals surface area contributed by atoms with E-state index in [1.165, 1.54) is 18.4 Å². The van der Waals surface area contributed by atoms with Gasteiger partial charge in [-0.05, 0) is 57.4 Å². The van der Waals surface area contributed by atoms with Crippen molar-refractivity contribution in [2.24, 2.45) is 16.0 Å². The summed E-state index contributed by atoms with van der Waals surface area (Å²) < 4.78 is 37.3. The Morgan fingerprint density at radius 1 is 1.30 bits per heavy atom. The second kappa shape index (κ2) is 11.7. The van der Waals surface area contributed by atoms with E-state index in [2.05, 4.69) is 21.2 Å². The van der Waals surface area contributed by atoms with Gasteiger partial charge in [0.1, 0.15) is 11.4 Å². The van der Waals surface area contributed by atoms with Gasteiger partial charge in [0, 0.05) is 55.8 Å². The van der Waals surface area contributed by atoms with Gasteiger partial charge in [-0.15, -0.1) is 0 Å². The zero-order chi connectivity index (χ0) is 22.1. The van der Waals surface area contributed by atoms with E-state index in [9.17, 15) is 8.78 Å². The molecule has 2 aliphatic heterocycles. The molecule has 2 rings (SSSR count). The normalized spacial score (nSPS) is 24.3. The van der Waals surface area contributed by atoms with Crippen LogP contribution in [0.3, 0.4) is 0 Å². The Kier molecular flexibility index (Phi) is 9.61. The molecular formula is C21H29ClF2N4OS. The largest absolute Gasteiger partial charge is 0.405 e. The molecule has 0 bridgehead atoms. The lowest BCUT2D eigenvalue weighted by Crippen LogP contribution is -2.66. The second-order valence-corrected chi connectivity index (χ2v) is 8.44. The Balaban J connectivity index is 2.04. The maximum atomic E-state index is 14.1. The molecule has 0 saturated carbocycles. The molecule has 5 nitrogen and oxygen atoms in total. The number of nitrogens with two attached hydrogens (primary N) is 1. The maximum absolute atomic E-state index is 14.1. The fraction of sp³-hybridized carbons (Fsp3) is 0.476. The molecule has 2 saturated heterocycles. The van der Waals surface area contributed by atoms with Crippen molar-refractivity contribution in [2.75, 3.05) is 40.3 Å². The summed E-state index contributed by atoms with van der Waals surface area (Å²) >= 11 is 6.17.